The van der Waals surface area contributed by atoms with Crippen LogP contribution in [-0.2, 0) is 0 Å². The minimum atomic E-state index is 0.372. The molecule has 1 aromatic heterocycles. The SMILES string of the molecule is CC1=Nn2c(nnc2C(C)C)SC1. The van der Waals surface area contributed by atoms with Gasteiger partial charge in [0.05, 0.1) is 0 Å². The molecule has 0 N–H and O–H groups in total. The summed E-state index contributed by atoms with van der Waals surface area (Å²) in [5, 5.41) is 13.5. The number of fused-ring (bicyclic) bond motifs is 1. The highest BCUT2D eigenvalue weighted by Crippen LogP contribution is 2.24. The van der Waals surface area contributed by atoms with Crippen LogP contribution >= 0.6 is 11.8 Å². The molecule has 0 unspecified atom stereocenters. The lowest BCUT2D eigenvalue weighted by Crippen LogP contribution is -2.10. The molecule has 0 fully saturated rings. The van der Waals surface area contributed by atoms with Gasteiger partial charge in [-0.2, -0.15) is 9.78 Å². The minimum absolute atomic E-state index is 0.372. The number of hydrogen-bond donors (Lipinski definition) is 0. The van der Waals surface area contributed by atoms with Crippen LogP contribution in [0, 0.1) is 0 Å². The molecule has 5 heteroatoms. The molecule has 70 valence electrons. The van der Waals surface area contributed by atoms with Gasteiger partial charge in [0.2, 0.25) is 5.16 Å². The third-order valence-corrected chi connectivity index (χ3v) is 2.91. The van der Waals surface area contributed by atoms with Crippen molar-refractivity contribution in [1.29, 1.82) is 0 Å². The van der Waals surface area contributed by atoms with E-state index >= 15 is 0 Å². The maximum Gasteiger partial charge on any atom is 0.212 e. The zero-order chi connectivity index (χ0) is 9.42. The molecular weight excluding hydrogens is 184 g/mol. The maximum absolute atomic E-state index is 4.41. The topological polar surface area (TPSA) is 43.1 Å². The van der Waals surface area contributed by atoms with Gasteiger partial charge in [0, 0.05) is 17.4 Å². The largest absolute Gasteiger partial charge is 0.212 e. The highest BCUT2D eigenvalue weighted by Gasteiger charge is 2.18. The van der Waals surface area contributed by atoms with Gasteiger partial charge in [0.25, 0.3) is 0 Å². The van der Waals surface area contributed by atoms with Crippen molar-refractivity contribution in [3.8, 4) is 0 Å². The van der Waals surface area contributed by atoms with E-state index in [-0.39, 0.29) is 0 Å². The van der Waals surface area contributed by atoms with Gasteiger partial charge in [-0.3, -0.25) is 0 Å². The zero-order valence-electron chi connectivity index (χ0n) is 7.98. The fraction of sp³-hybridized carbons (Fsp3) is 0.625. The highest BCUT2D eigenvalue weighted by molar-refractivity contribution is 7.99. The smallest absolute Gasteiger partial charge is 0.191 e. The predicted molar refractivity (Wildman–Crippen MR) is 53.3 cm³/mol. The molecule has 0 aromatic carbocycles. The van der Waals surface area contributed by atoms with Gasteiger partial charge in [-0.15, -0.1) is 10.2 Å². The minimum Gasteiger partial charge on any atom is -0.191 e. The number of nitrogens with zero attached hydrogens (tertiary/aromatic N) is 4. The first kappa shape index (κ1) is 8.74. The molecule has 2 rings (SSSR count). The average Bonchev–Trinajstić information content (AvgIpc) is 2.46. The Morgan fingerprint density at radius 1 is 1.38 bits per heavy atom. The lowest BCUT2D eigenvalue weighted by atomic mass is 10.2. The molecule has 4 nitrogen and oxygen atoms in total. The van der Waals surface area contributed by atoms with Crippen LogP contribution in [0.2, 0.25) is 0 Å². The van der Waals surface area contributed by atoms with E-state index in [4.69, 9.17) is 0 Å². The van der Waals surface area contributed by atoms with E-state index in [1.807, 2.05) is 11.6 Å². The molecule has 0 spiro atoms. The van der Waals surface area contributed by atoms with E-state index in [1.54, 1.807) is 11.8 Å². The Labute approximate surface area is 81.4 Å². The molecule has 1 aromatic rings. The molecule has 0 radical (unpaired) electrons. The van der Waals surface area contributed by atoms with Crippen LogP contribution in [0.3, 0.4) is 0 Å². The molecule has 0 saturated heterocycles. The van der Waals surface area contributed by atoms with Crippen molar-refractivity contribution in [1.82, 2.24) is 14.9 Å². The maximum atomic E-state index is 4.41. The Bertz CT molecular complexity index is 353. The van der Waals surface area contributed by atoms with Crippen LogP contribution in [-0.4, -0.2) is 26.3 Å². The summed E-state index contributed by atoms with van der Waals surface area (Å²) < 4.78 is 1.86. The summed E-state index contributed by atoms with van der Waals surface area (Å²) >= 11 is 1.69. The lowest BCUT2D eigenvalue weighted by molar-refractivity contribution is 0.661. The third kappa shape index (κ3) is 1.48. The van der Waals surface area contributed by atoms with Crippen molar-refractivity contribution in [3.05, 3.63) is 5.82 Å². The third-order valence-electron chi connectivity index (χ3n) is 1.83. The van der Waals surface area contributed by atoms with E-state index in [2.05, 4.69) is 29.1 Å². The van der Waals surface area contributed by atoms with Gasteiger partial charge in [0.15, 0.2) is 5.82 Å². The molecule has 0 saturated carbocycles. The van der Waals surface area contributed by atoms with Crippen molar-refractivity contribution in [3.63, 3.8) is 0 Å². The van der Waals surface area contributed by atoms with Crippen LogP contribution in [0.15, 0.2) is 10.3 Å². The predicted octanol–water partition coefficient (Wildman–Crippen LogP) is 1.73. The second kappa shape index (κ2) is 3.14. The van der Waals surface area contributed by atoms with Gasteiger partial charge >= 0.3 is 0 Å². The number of aromatic nitrogens is 3. The quantitative estimate of drug-likeness (QED) is 0.687. The second-order valence-corrected chi connectivity index (χ2v) is 4.37. The lowest BCUT2D eigenvalue weighted by Gasteiger charge is -2.11. The number of hydrogen-bond acceptors (Lipinski definition) is 4. The zero-order valence-corrected chi connectivity index (χ0v) is 8.80. The van der Waals surface area contributed by atoms with Crippen LogP contribution < -0.4 is 0 Å². The summed E-state index contributed by atoms with van der Waals surface area (Å²) in [4.78, 5) is 0. The summed E-state index contributed by atoms with van der Waals surface area (Å²) in [5.74, 6) is 2.24. The van der Waals surface area contributed by atoms with Gasteiger partial charge in [-0.1, -0.05) is 25.6 Å². The Morgan fingerprint density at radius 3 is 2.85 bits per heavy atom. The van der Waals surface area contributed by atoms with E-state index < -0.39 is 0 Å². The van der Waals surface area contributed by atoms with Crippen LogP contribution in [0.5, 0.6) is 0 Å². The first-order valence-electron chi connectivity index (χ1n) is 4.31. The van der Waals surface area contributed by atoms with Crippen molar-refractivity contribution < 1.29 is 0 Å². The second-order valence-electron chi connectivity index (χ2n) is 3.43. The molecule has 0 bridgehead atoms. The van der Waals surface area contributed by atoms with Crippen LogP contribution in [0.4, 0.5) is 0 Å². The van der Waals surface area contributed by atoms with E-state index in [0.717, 1.165) is 22.4 Å². The molecule has 1 aliphatic heterocycles. The first-order chi connectivity index (χ1) is 6.18. The van der Waals surface area contributed by atoms with E-state index in [0.29, 0.717) is 5.92 Å². The standard InChI is InChI=1S/C8H12N4S/c1-5(2)7-9-10-8-12(7)11-6(3)4-13-8/h5H,4H2,1-3H3. The van der Waals surface area contributed by atoms with Gasteiger partial charge < -0.3 is 0 Å². The van der Waals surface area contributed by atoms with E-state index in [1.165, 1.54) is 0 Å². The summed E-state index contributed by atoms with van der Waals surface area (Å²) in [6, 6.07) is 0. The fourth-order valence-corrected chi connectivity index (χ4v) is 1.94. The van der Waals surface area contributed by atoms with Crippen molar-refractivity contribution in [2.45, 2.75) is 31.8 Å². The fourth-order valence-electron chi connectivity index (χ4n) is 1.19. The average molecular weight is 196 g/mol. The van der Waals surface area contributed by atoms with Crippen LogP contribution in [0.25, 0.3) is 0 Å². The van der Waals surface area contributed by atoms with Crippen LogP contribution in [0.1, 0.15) is 32.5 Å². The summed E-state index contributed by atoms with van der Waals surface area (Å²) in [6.45, 7) is 6.23. The van der Waals surface area contributed by atoms with Gasteiger partial charge in [0.1, 0.15) is 0 Å². The molecule has 13 heavy (non-hydrogen) atoms. The number of rotatable bonds is 1. The monoisotopic (exact) mass is 196 g/mol. The Morgan fingerprint density at radius 2 is 2.15 bits per heavy atom. The molecule has 0 atom stereocenters. The first-order valence-corrected chi connectivity index (χ1v) is 5.29. The Kier molecular flexibility index (Phi) is 2.11. The van der Waals surface area contributed by atoms with Crippen molar-refractivity contribution >= 4 is 17.5 Å². The summed E-state index contributed by atoms with van der Waals surface area (Å²) in [5.41, 5.74) is 1.12. The summed E-state index contributed by atoms with van der Waals surface area (Å²) in [7, 11) is 0. The number of thioether (sulfide) groups is 1. The molecule has 0 amide bonds. The molecule has 1 aliphatic rings. The Balaban J connectivity index is 2.49. The highest BCUT2D eigenvalue weighted by atomic mass is 32.2. The molecule has 2 heterocycles. The molecular formula is C8H12N4S. The summed E-state index contributed by atoms with van der Waals surface area (Å²) in [6.07, 6.45) is 0. The molecule has 0 aliphatic carbocycles. The van der Waals surface area contributed by atoms with Crippen molar-refractivity contribution in [2.75, 3.05) is 5.75 Å². The van der Waals surface area contributed by atoms with Gasteiger partial charge in [-0.25, -0.2) is 0 Å². The Hall–Kier alpha value is -0.840. The normalized spacial score (nSPS) is 15.8. The van der Waals surface area contributed by atoms with E-state index in [9.17, 15) is 0 Å². The van der Waals surface area contributed by atoms with Gasteiger partial charge in [-0.05, 0) is 6.92 Å². The van der Waals surface area contributed by atoms with Crippen molar-refractivity contribution in [2.24, 2.45) is 5.10 Å².